The number of aliphatic imine (C=N–C) groups is 1. The largest absolute Gasteiger partial charge is 0.356 e. The molecule has 0 spiro atoms. The summed E-state index contributed by atoms with van der Waals surface area (Å²) in [4.78, 5) is 35.3. The highest BCUT2D eigenvalue weighted by atomic mass is 16.2. The summed E-state index contributed by atoms with van der Waals surface area (Å²) in [7, 11) is 0. The standard InChI is InChI=1S/C26H33N5O2/c1-4-14-31-22-11-6-5-10-21(22)24(30-15-12-18(2)13-16-30)28-23(25(31)32)29-26(33)27-20-9-7-8-19(3)17-20/h5-11,17-18,23H,4,12-16H2,1-3H3,(H2,27,29,33)/t23-/m0/s1. The molecule has 2 heterocycles. The number of benzodiazepines with no additional fused rings is 1. The zero-order valence-corrected chi connectivity index (χ0v) is 19.7. The normalized spacial score (nSPS) is 18.9. The Hall–Kier alpha value is -3.35. The van der Waals surface area contributed by atoms with Crippen molar-refractivity contribution < 1.29 is 9.59 Å². The van der Waals surface area contributed by atoms with Crippen molar-refractivity contribution in [2.24, 2.45) is 10.9 Å². The summed E-state index contributed by atoms with van der Waals surface area (Å²) < 4.78 is 0. The van der Waals surface area contributed by atoms with Crippen LogP contribution < -0.4 is 15.5 Å². The van der Waals surface area contributed by atoms with Gasteiger partial charge in [0.1, 0.15) is 5.84 Å². The minimum absolute atomic E-state index is 0.218. The smallest absolute Gasteiger partial charge is 0.321 e. The van der Waals surface area contributed by atoms with Crippen LogP contribution in [0, 0.1) is 12.8 Å². The van der Waals surface area contributed by atoms with E-state index in [1.54, 1.807) is 4.90 Å². The third-order valence-electron chi connectivity index (χ3n) is 6.26. The number of aryl methyl sites for hydroxylation is 1. The van der Waals surface area contributed by atoms with Gasteiger partial charge in [-0.05, 0) is 61.9 Å². The lowest BCUT2D eigenvalue weighted by molar-refractivity contribution is -0.120. The van der Waals surface area contributed by atoms with Gasteiger partial charge in [-0.3, -0.25) is 4.79 Å². The Balaban J connectivity index is 1.66. The summed E-state index contributed by atoms with van der Waals surface area (Å²) in [5.74, 6) is 1.24. The van der Waals surface area contributed by atoms with E-state index < -0.39 is 12.2 Å². The van der Waals surface area contributed by atoms with Gasteiger partial charge >= 0.3 is 6.03 Å². The molecule has 4 rings (SSSR count). The molecule has 1 saturated heterocycles. The van der Waals surface area contributed by atoms with Gasteiger partial charge in [0.05, 0.1) is 5.69 Å². The number of likely N-dealkylation sites (tertiary alicyclic amines) is 1. The molecule has 0 aromatic heterocycles. The highest BCUT2D eigenvalue weighted by Crippen LogP contribution is 2.29. The van der Waals surface area contributed by atoms with Crippen molar-refractivity contribution in [1.82, 2.24) is 10.2 Å². The lowest BCUT2D eigenvalue weighted by Gasteiger charge is -2.33. The van der Waals surface area contributed by atoms with Gasteiger partial charge in [-0.25, -0.2) is 9.79 Å². The number of fused-ring (bicyclic) bond motifs is 1. The van der Waals surface area contributed by atoms with Crippen molar-refractivity contribution in [2.45, 2.75) is 46.2 Å². The average Bonchev–Trinajstić information content (AvgIpc) is 2.91. The van der Waals surface area contributed by atoms with Gasteiger partial charge in [0.15, 0.2) is 0 Å². The molecule has 2 aliphatic heterocycles. The fourth-order valence-electron chi connectivity index (χ4n) is 4.45. The molecule has 7 nitrogen and oxygen atoms in total. The molecular weight excluding hydrogens is 414 g/mol. The first-order valence-electron chi connectivity index (χ1n) is 11.8. The number of carbonyl (C=O) groups is 2. The molecule has 2 N–H and O–H groups in total. The van der Waals surface area contributed by atoms with Gasteiger partial charge in [-0.1, -0.05) is 38.1 Å². The predicted octanol–water partition coefficient (Wildman–Crippen LogP) is 4.38. The Kier molecular flexibility index (Phi) is 6.96. The van der Waals surface area contributed by atoms with Gasteiger partial charge in [-0.2, -0.15) is 0 Å². The molecule has 2 aromatic rings. The summed E-state index contributed by atoms with van der Waals surface area (Å²) in [5, 5.41) is 5.66. The summed E-state index contributed by atoms with van der Waals surface area (Å²) in [6.07, 6.45) is 1.97. The monoisotopic (exact) mass is 447 g/mol. The van der Waals surface area contributed by atoms with E-state index in [4.69, 9.17) is 4.99 Å². The summed E-state index contributed by atoms with van der Waals surface area (Å²) in [6, 6.07) is 15.0. The summed E-state index contributed by atoms with van der Waals surface area (Å²) in [6.45, 7) is 8.62. The highest BCUT2D eigenvalue weighted by molar-refractivity contribution is 6.12. The number of amidine groups is 1. The van der Waals surface area contributed by atoms with E-state index in [0.717, 1.165) is 55.0 Å². The maximum atomic E-state index is 13.6. The fraction of sp³-hybridized carbons (Fsp3) is 0.423. The van der Waals surface area contributed by atoms with E-state index in [1.165, 1.54) is 0 Å². The fourth-order valence-corrected chi connectivity index (χ4v) is 4.45. The molecule has 2 aromatic carbocycles. The molecule has 1 fully saturated rings. The zero-order valence-electron chi connectivity index (χ0n) is 19.7. The van der Waals surface area contributed by atoms with Crippen molar-refractivity contribution in [3.05, 3.63) is 59.7 Å². The van der Waals surface area contributed by atoms with Gasteiger partial charge in [0.2, 0.25) is 6.17 Å². The first kappa shape index (κ1) is 22.8. The van der Waals surface area contributed by atoms with Crippen molar-refractivity contribution in [1.29, 1.82) is 0 Å². The van der Waals surface area contributed by atoms with Crippen LogP contribution in [0.15, 0.2) is 53.5 Å². The molecule has 174 valence electrons. The second kappa shape index (κ2) is 10.1. The number of rotatable bonds is 4. The third-order valence-corrected chi connectivity index (χ3v) is 6.26. The number of amides is 3. The van der Waals surface area contributed by atoms with Crippen LogP contribution in [0.3, 0.4) is 0 Å². The Morgan fingerprint density at radius 1 is 1.12 bits per heavy atom. The number of nitrogens with zero attached hydrogens (tertiary/aromatic N) is 3. The molecule has 0 bridgehead atoms. The number of carbonyl (C=O) groups excluding carboxylic acids is 2. The molecule has 0 aliphatic carbocycles. The topological polar surface area (TPSA) is 77.0 Å². The number of hydrogen-bond donors (Lipinski definition) is 2. The molecule has 1 atom stereocenters. The first-order valence-corrected chi connectivity index (χ1v) is 11.8. The Labute approximate surface area is 195 Å². The van der Waals surface area contributed by atoms with E-state index in [2.05, 4.69) is 22.5 Å². The van der Waals surface area contributed by atoms with E-state index in [-0.39, 0.29) is 5.91 Å². The number of para-hydroxylation sites is 1. The minimum atomic E-state index is -0.997. The van der Waals surface area contributed by atoms with Crippen LogP contribution in [0.1, 0.15) is 44.2 Å². The van der Waals surface area contributed by atoms with E-state index >= 15 is 0 Å². The molecule has 33 heavy (non-hydrogen) atoms. The van der Waals surface area contributed by atoms with Gasteiger partial charge in [-0.15, -0.1) is 0 Å². The number of piperidine rings is 1. The Morgan fingerprint density at radius 3 is 2.61 bits per heavy atom. The minimum Gasteiger partial charge on any atom is -0.356 e. The van der Waals surface area contributed by atoms with E-state index in [1.807, 2.05) is 62.4 Å². The van der Waals surface area contributed by atoms with Crippen LogP contribution in [0.4, 0.5) is 16.2 Å². The van der Waals surface area contributed by atoms with E-state index in [0.29, 0.717) is 18.2 Å². The number of nitrogens with one attached hydrogen (secondary N) is 2. The van der Waals surface area contributed by atoms with Crippen molar-refractivity contribution in [3.63, 3.8) is 0 Å². The van der Waals surface area contributed by atoms with Crippen LogP contribution >= 0.6 is 0 Å². The van der Waals surface area contributed by atoms with E-state index in [9.17, 15) is 9.59 Å². The SMILES string of the molecule is CCCN1C(=O)[C@H](NC(=O)Nc2cccc(C)c2)N=C(N2CCC(C)CC2)c2ccccc21. The van der Waals surface area contributed by atoms with Crippen molar-refractivity contribution >= 4 is 29.1 Å². The summed E-state index contributed by atoms with van der Waals surface area (Å²) >= 11 is 0. The quantitative estimate of drug-likeness (QED) is 0.730. The Morgan fingerprint density at radius 2 is 1.88 bits per heavy atom. The molecule has 0 radical (unpaired) electrons. The van der Waals surface area contributed by atoms with Crippen LogP contribution in [-0.2, 0) is 4.79 Å². The first-order chi connectivity index (χ1) is 16.0. The van der Waals surface area contributed by atoms with Crippen LogP contribution in [0.5, 0.6) is 0 Å². The second-order valence-electron chi connectivity index (χ2n) is 9.00. The maximum Gasteiger partial charge on any atom is 0.321 e. The number of hydrogen-bond acceptors (Lipinski definition) is 4. The van der Waals surface area contributed by atoms with Crippen LogP contribution in [0.2, 0.25) is 0 Å². The molecule has 3 amide bonds. The maximum absolute atomic E-state index is 13.6. The lowest BCUT2D eigenvalue weighted by atomic mass is 9.98. The van der Waals surface area contributed by atoms with Crippen molar-refractivity contribution in [3.8, 4) is 0 Å². The molecule has 2 aliphatic rings. The van der Waals surface area contributed by atoms with Crippen LogP contribution in [0.25, 0.3) is 0 Å². The molecule has 0 saturated carbocycles. The highest BCUT2D eigenvalue weighted by Gasteiger charge is 2.34. The lowest BCUT2D eigenvalue weighted by Crippen LogP contribution is -2.49. The number of anilines is 2. The van der Waals surface area contributed by atoms with Crippen molar-refractivity contribution in [2.75, 3.05) is 29.9 Å². The van der Waals surface area contributed by atoms with Gasteiger partial charge in [0.25, 0.3) is 5.91 Å². The molecular formula is C26H33N5O2. The Bertz CT molecular complexity index is 1040. The second-order valence-corrected chi connectivity index (χ2v) is 9.00. The molecule has 0 unspecified atom stereocenters. The average molecular weight is 448 g/mol. The van der Waals surface area contributed by atoms with Gasteiger partial charge < -0.3 is 20.4 Å². The number of benzene rings is 2. The zero-order chi connectivity index (χ0) is 23.4. The van der Waals surface area contributed by atoms with Gasteiger partial charge in [0, 0.05) is 30.9 Å². The predicted molar refractivity (Wildman–Crippen MR) is 133 cm³/mol. The summed E-state index contributed by atoms with van der Waals surface area (Å²) in [5.41, 5.74) is 3.52. The third kappa shape index (κ3) is 5.18. The number of urea groups is 1. The molecule has 7 heteroatoms. The van der Waals surface area contributed by atoms with Crippen LogP contribution in [-0.4, -0.2) is 48.5 Å².